The van der Waals surface area contributed by atoms with Crippen molar-refractivity contribution in [2.45, 2.75) is 13.3 Å². The van der Waals surface area contributed by atoms with Gasteiger partial charge in [0, 0.05) is 12.0 Å². The minimum Gasteiger partial charge on any atom is -0.493 e. The van der Waals surface area contributed by atoms with Crippen molar-refractivity contribution < 1.29 is 19.0 Å². The van der Waals surface area contributed by atoms with E-state index in [9.17, 15) is 4.79 Å². The molecule has 2 aromatic carbocycles. The zero-order valence-electron chi connectivity index (χ0n) is 12.7. The van der Waals surface area contributed by atoms with Crippen LogP contribution >= 0.6 is 0 Å². The maximum atomic E-state index is 10.8. The number of rotatable bonds is 9. The van der Waals surface area contributed by atoms with Gasteiger partial charge in [-0.05, 0) is 37.3 Å². The van der Waals surface area contributed by atoms with Crippen LogP contribution in [-0.2, 0) is 0 Å². The van der Waals surface area contributed by atoms with Gasteiger partial charge in [-0.3, -0.25) is 4.79 Å². The number of carbonyl (C=O) groups is 1. The molecule has 0 fully saturated rings. The van der Waals surface area contributed by atoms with E-state index in [4.69, 9.17) is 14.2 Å². The van der Waals surface area contributed by atoms with E-state index in [0.717, 1.165) is 18.5 Å². The first-order valence-corrected chi connectivity index (χ1v) is 7.36. The maximum absolute atomic E-state index is 10.8. The zero-order chi connectivity index (χ0) is 15.6. The summed E-state index contributed by atoms with van der Waals surface area (Å²) < 4.78 is 16.8. The van der Waals surface area contributed by atoms with E-state index in [0.29, 0.717) is 36.9 Å². The number of hydrogen-bond donors (Lipinski definition) is 0. The molecule has 0 aromatic heterocycles. The van der Waals surface area contributed by atoms with Crippen LogP contribution in [0.25, 0.3) is 0 Å². The maximum Gasteiger partial charge on any atom is 0.161 e. The summed E-state index contributed by atoms with van der Waals surface area (Å²) >= 11 is 0. The van der Waals surface area contributed by atoms with Gasteiger partial charge in [0.1, 0.15) is 12.0 Å². The Kier molecular flexibility index (Phi) is 6.30. The van der Waals surface area contributed by atoms with Gasteiger partial charge in [-0.15, -0.1) is 0 Å². The molecular formula is C18H20O4. The van der Waals surface area contributed by atoms with E-state index >= 15 is 0 Å². The Morgan fingerprint density at radius 2 is 1.68 bits per heavy atom. The summed E-state index contributed by atoms with van der Waals surface area (Å²) in [7, 11) is 0. The van der Waals surface area contributed by atoms with Crippen molar-refractivity contribution in [2.24, 2.45) is 0 Å². The molecule has 0 saturated heterocycles. The summed E-state index contributed by atoms with van der Waals surface area (Å²) in [6.07, 6.45) is 1.55. The molecule has 0 spiro atoms. The molecule has 0 aliphatic rings. The van der Waals surface area contributed by atoms with Gasteiger partial charge in [0.2, 0.25) is 0 Å². The van der Waals surface area contributed by atoms with Crippen LogP contribution in [0, 0.1) is 0 Å². The molecule has 2 rings (SSSR count). The van der Waals surface area contributed by atoms with Crippen molar-refractivity contribution in [3.8, 4) is 17.2 Å². The fraction of sp³-hybridized carbons (Fsp3) is 0.278. The molecule has 0 N–H and O–H groups in total. The fourth-order valence-corrected chi connectivity index (χ4v) is 1.93. The van der Waals surface area contributed by atoms with Gasteiger partial charge in [-0.2, -0.15) is 0 Å². The Morgan fingerprint density at radius 3 is 2.41 bits per heavy atom. The van der Waals surface area contributed by atoms with Crippen molar-refractivity contribution >= 4 is 6.29 Å². The Morgan fingerprint density at radius 1 is 0.909 bits per heavy atom. The quantitative estimate of drug-likeness (QED) is 0.522. The molecule has 0 aliphatic heterocycles. The summed E-state index contributed by atoms with van der Waals surface area (Å²) in [6, 6.07) is 14.8. The summed E-state index contributed by atoms with van der Waals surface area (Å²) in [4.78, 5) is 10.8. The lowest BCUT2D eigenvalue weighted by Crippen LogP contribution is -2.06. The third-order valence-electron chi connectivity index (χ3n) is 2.96. The van der Waals surface area contributed by atoms with Crippen LogP contribution in [0.4, 0.5) is 0 Å². The molecule has 116 valence electrons. The van der Waals surface area contributed by atoms with Gasteiger partial charge in [0.15, 0.2) is 11.5 Å². The highest BCUT2D eigenvalue weighted by molar-refractivity contribution is 5.76. The SMILES string of the molecule is CCOc1cc(C=O)ccc1OCCCOc1ccccc1. The van der Waals surface area contributed by atoms with E-state index in [1.165, 1.54) is 0 Å². The first-order chi connectivity index (χ1) is 10.8. The molecule has 0 radical (unpaired) electrons. The summed E-state index contributed by atoms with van der Waals surface area (Å²) in [5.74, 6) is 2.09. The minimum atomic E-state index is 0.521. The summed E-state index contributed by atoms with van der Waals surface area (Å²) in [5, 5.41) is 0. The van der Waals surface area contributed by atoms with E-state index in [-0.39, 0.29) is 0 Å². The number of para-hydroxylation sites is 1. The first-order valence-electron chi connectivity index (χ1n) is 7.36. The molecule has 0 bridgehead atoms. The second kappa shape index (κ2) is 8.72. The van der Waals surface area contributed by atoms with Crippen molar-refractivity contribution in [3.05, 3.63) is 54.1 Å². The normalized spacial score (nSPS) is 10.0. The second-order valence-corrected chi connectivity index (χ2v) is 4.62. The Labute approximate surface area is 130 Å². The predicted octanol–water partition coefficient (Wildman–Crippen LogP) is 3.75. The van der Waals surface area contributed by atoms with Crippen molar-refractivity contribution in [2.75, 3.05) is 19.8 Å². The topological polar surface area (TPSA) is 44.8 Å². The smallest absolute Gasteiger partial charge is 0.161 e. The van der Waals surface area contributed by atoms with Gasteiger partial charge in [-0.1, -0.05) is 18.2 Å². The molecular weight excluding hydrogens is 280 g/mol. The minimum absolute atomic E-state index is 0.521. The Hall–Kier alpha value is -2.49. The van der Waals surface area contributed by atoms with Gasteiger partial charge in [0.25, 0.3) is 0 Å². The van der Waals surface area contributed by atoms with Gasteiger partial charge in [0.05, 0.1) is 19.8 Å². The Bertz CT molecular complexity index is 581. The molecule has 2 aromatic rings. The molecule has 0 saturated carbocycles. The highest BCUT2D eigenvalue weighted by atomic mass is 16.5. The number of benzene rings is 2. The lowest BCUT2D eigenvalue weighted by molar-refractivity contribution is 0.112. The highest BCUT2D eigenvalue weighted by Crippen LogP contribution is 2.28. The van der Waals surface area contributed by atoms with Gasteiger partial charge >= 0.3 is 0 Å². The number of aldehydes is 1. The second-order valence-electron chi connectivity index (χ2n) is 4.62. The van der Waals surface area contributed by atoms with Crippen LogP contribution in [0.3, 0.4) is 0 Å². The first kappa shape index (κ1) is 15.9. The zero-order valence-corrected chi connectivity index (χ0v) is 12.7. The van der Waals surface area contributed by atoms with Crippen molar-refractivity contribution in [1.82, 2.24) is 0 Å². The van der Waals surface area contributed by atoms with E-state index in [1.807, 2.05) is 37.3 Å². The van der Waals surface area contributed by atoms with Gasteiger partial charge < -0.3 is 14.2 Å². The van der Waals surface area contributed by atoms with Crippen LogP contribution in [-0.4, -0.2) is 26.1 Å². The molecule has 0 aliphatic carbocycles. The Balaban J connectivity index is 1.80. The van der Waals surface area contributed by atoms with Crippen molar-refractivity contribution in [1.29, 1.82) is 0 Å². The number of ether oxygens (including phenoxy) is 3. The standard InChI is InChI=1S/C18H20O4/c1-2-20-18-13-15(14-19)9-10-17(18)22-12-6-11-21-16-7-4-3-5-8-16/h3-5,7-10,13-14H,2,6,11-12H2,1H3. The summed E-state index contributed by atoms with van der Waals surface area (Å²) in [6.45, 7) is 3.52. The highest BCUT2D eigenvalue weighted by Gasteiger charge is 2.06. The molecule has 0 atom stereocenters. The summed E-state index contributed by atoms with van der Waals surface area (Å²) in [5.41, 5.74) is 0.572. The molecule has 22 heavy (non-hydrogen) atoms. The van der Waals surface area contributed by atoms with E-state index in [2.05, 4.69) is 0 Å². The monoisotopic (exact) mass is 300 g/mol. The lowest BCUT2D eigenvalue weighted by atomic mass is 10.2. The molecule has 0 heterocycles. The average Bonchev–Trinajstić information content (AvgIpc) is 2.57. The molecule has 4 heteroatoms. The third-order valence-corrected chi connectivity index (χ3v) is 2.96. The van der Waals surface area contributed by atoms with Crippen LogP contribution < -0.4 is 14.2 Å². The average molecular weight is 300 g/mol. The number of hydrogen-bond acceptors (Lipinski definition) is 4. The van der Waals surface area contributed by atoms with Crippen LogP contribution in [0.15, 0.2) is 48.5 Å². The van der Waals surface area contributed by atoms with Crippen LogP contribution in [0.2, 0.25) is 0 Å². The number of carbonyl (C=O) groups excluding carboxylic acids is 1. The van der Waals surface area contributed by atoms with Crippen molar-refractivity contribution in [3.63, 3.8) is 0 Å². The predicted molar refractivity (Wildman–Crippen MR) is 85.0 cm³/mol. The van der Waals surface area contributed by atoms with Crippen LogP contribution in [0.5, 0.6) is 17.2 Å². The van der Waals surface area contributed by atoms with Crippen LogP contribution in [0.1, 0.15) is 23.7 Å². The molecule has 4 nitrogen and oxygen atoms in total. The fourth-order valence-electron chi connectivity index (χ4n) is 1.93. The lowest BCUT2D eigenvalue weighted by Gasteiger charge is -2.12. The molecule has 0 amide bonds. The van der Waals surface area contributed by atoms with Gasteiger partial charge in [-0.25, -0.2) is 0 Å². The third kappa shape index (κ3) is 4.81. The van der Waals surface area contributed by atoms with E-state index in [1.54, 1.807) is 18.2 Å². The largest absolute Gasteiger partial charge is 0.493 e. The molecule has 0 unspecified atom stereocenters. The van der Waals surface area contributed by atoms with E-state index < -0.39 is 0 Å².